The fourth-order valence-corrected chi connectivity index (χ4v) is 5.18. The number of para-hydroxylation sites is 1. The van der Waals surface area contributed by atoms with Gasteiger partial charge in [-0.3, -0.25) is 14.6 Å². The molecule has 0 bridgehead atoms. The molecule has 2 N–H and O–H groups in total. The molecule has 39 heavy (non-hydrogen) atoms. The number of alkyl carbamates (subject to hydrolysis) is 1. The lowest BCUT2D eigenvalue weighted by Gasteiger charge is -2.29. The number of aryl methyl sites for hydroxylation is 1. The summed E-state index contributed by atoms with van der Waals surface area (Å²) in [5.74, 6) is 0.171. The number of amides is 2. The summed E-state index contributed by atoms with van der Waals surface area (Å²) in [5, 5.41) is 3.67. The van der Waals surface area contributed by atoms with E-state index in [1.54, 1.807) is 27.8 Å². The van der Waals surface area contributed by atoms with E-state index in [1.807, 2.05) is 42.5 Å². The van der Waals surface area contributed by atoms with Crippen LogP contribution in [0.5, 0.6) is 0 Å². The number of fused-ring (bicyclic) bond motifs is 3. The zero-order chi connectivity index (χ0) is 27.6. The Morgan fingerprint density at radius 3 is 2.67 bits per heavy atom. The van der Waals surface area contributed by atoms with E-state index in [2.05, 4.69) is 22.9 Å². The van der Waals surface area contributed by atoms with Crippen molar-refractivity contribution in [3.8, 4) is 0 Å². The number of nitrogens with zero attached hydrogens (tertiary/aromatic N) is 3. The molecule has 1 aliphatic heterocycles. The monoisotopic (exact) mass is 561 g/mol. The van der Waals surface area contributed by atoms with E-state index in [4.69, 9.17) is 9.47 Å². The number of benzene rings is 1. The molecule has 3 atom stereocenters. The van der Waals surface area contributed by atoms with Gasteiger partial charge in [0.25, 0.3) is 0 Å². The van der Waals surface area contributed by atoms with Crippen LogP contribution in [-0.4, -0.2) is 77.5 Å². The van der Waals surface area contributed by atoms with Crippen molar-refractivity contribution >= 4 is 28.9 Å². The van der Waals surface area contributed by atoms with Crippen LogP contribution in [0, 0.1) is 5.92 Å². The molecule has 2 aliphatic rings. The predicted octanol–water partition coefficient (Wildman–Crippen LogP) is -0.504. The number of ether oxygens (including phenoxy) is 2. The summed E-state index contributed by atoms with van der Waals surface area (Å²) in [6.45, 7) is 8.79. The van der Waals surface area contributed by atoms with Crippen molar-refractivity contribution < 1.29 is 41.2 Å². The van der Waals surface area contributed by atoms with Gasteiger partial charge in [0.15, 0.2) is 18.7 Å². The van der Waals surface area contributed by atoms with Crippen molar-refractivity contribution in [3.05, 3.63) is 47.9 Å². The number of ketones is 1. The second-order valence-electron chi connectivity index (χ2n) is 11.2. The first-order valence-electron chi connectivity index (χ1n) is 13.2. The van der Waals surface area contributed by atoms with Crippen molar-refractivity contribution in [1.29, 1.82) is 0 Å². The molecular formula is C28H40ClN5O5. The number of hydrogen-bond acceptors (Lipinski definition) is 6. The fourth-order valence-electron chi connectivity index (χ4n) is 5.18. The van der Waals surface area contributed by atoms with Gasteiger partial charge >= 0.3 is 12.2 Å². The number of Topliss-reactive ketones (excluding diaryl/α,β-unsaturated/α-hetero) is 1. The van der Waals surface area contributed by atoms with Gasteiger partial charge in [-0.1, -0.05) is 18.2 Å². The van der Waals surface area contributed by atoms with Crippen molar-refractivity contribution in [2.24, 2.45) is 13.0 Å². The van der Waals surface area contributed by atoms with Gasteiger partial charge in [-0.25, -0.2) is 9.59 Å². The van der Waals surface area contributed by atoms with Gasteiger partial charge in [-0.05, 0) is 39.7 Å². The number of halogens is 1. The molecule has 0 spiro atoms. The van der Waals surface area contributed by atoms with E-state index >= 15 is 0 Å². The van der Waals surface area contributed by atoms with Crippen molar-refractivity contribution in [1.82, 2.24) is 19.7 Å². The molecule has 2 aromatic rings. The molecule has 1 aromatic heterocycles. The highest BCUT2D eigenvalue weighted by atomic mass is 35.5. The number of aromatic nitrogens is 1. The maximum absolute atomic E-state index is 13.5. The number of nitrogens with one attached hydrogen (secondary N) is 2. The molecule has 4 rings (SSSR count). The van der Waals surface area contributed by atoms with Crippen LogP contribution in [0.3, 0.4) is 0 Å². The van der Waals surface area contributed by atoms with Gasteiger partial charge in [0, 0.05) is 56.3 Å². The molecule has 11 heteroatoms. The number of hydrogen-bond donors (Lipinski definition) is 2. The predicted molar refractivity (Wildman–Crippen MR) is 144 cm³/mol. The Bertz CT molecular complexity index is 1240. The van der Waals surface area contributed by atoms with Gasteiger partial charge in [0.05, 0.1) is 18.7 Å². The molecule has 3 unspecified atom stereocenters. The third-order valence-electron chi connectivity index (χ3n) is 7.34. The second kappa shape index (κ2) is 12.3. The minimum absolute atomic E-state index is 0. The first kappa shape index (κ1) is 30.3. The summed E-state index contributed by atoms with van der Waals surface area (Å²) >= 11 is 0. The van der Waals surface area contributed by atoms with Crippen LogP contribution in [0.2, 0.25) is 0 Å². The van der Waals surface area contributed by atoms with Crippen LogP contribution in [0.1, 0.15) is 50.2 Å². The quantitative estimate of drug-likeness (QED) is 0.473. The van der Waals surface area contributed by atoms with Gasteiger partial charge in [-0.15, -0.1) is 0 Å². The molecule has 1 aromatic carbocycles. The van der Waals surface area contributed by atoms with Crippen LogP contribution >= 0.6 is 0 Å². The third-order valence-corrected chi connectivity index (χ3v) is 7.34. The Labute approximate surface area is 236 Å². The highest BCUT2D eigenvalue weighted by molar-refractivity contribution is 6.11. The molecular weight excluding hydrogens is 522 g/mol. The number of likely N-dealkylation sites (N-methyl/N-ethyl adjacent to an activating group) is 1. The smallest absolute Gasteiger partial charge is 0.411 e. The largest absolute Gasteiger partial charge is 1.00 e. The number of carbonyl (C=O) groups is 3. The highest BCUT2D eigenvalue weighted by Gasteiger charge is 2.37. The standard InChI is InChI=1S/C28H39N5O5.ClH/c1-19-32(17-20-11-12-23-24(25(20)34)21-9-7-8-10-22(21)31(23)6)15-16-33(19)18-37-27(36)30(5)14-13-29-26(35)38-28(2,3)4;/h7-10,15-16,19-20H,11-14,17-18H2,1-6H3,(H,29,35);1H. The highest BCUT2D eigenvalue weighted by Crippen LogP contribution is 2.33. The summed E-state index contributed by atoms with van der Waals surface area (Å²) in [6.07, 6.45) is 4.72. The van der Waals surface area contributed by atoms with Crippen molar-refractivity contribution in [2.75, 3.05) is 33.4 Å². The normalized spacial score (nSPS) is 20.4. The Morgan fingerprint density at radius 2 is 1.95 bits per heavy atom. The lowest BCUT2D eigenvalue weighted by atomic mass is 9.84. The minimum Gasteiger partial charge on any atom is -1.00 e. The average Bonchev–Trinajstić information content (AvgIpc) is 3.35. The average molecular weight is 562 g/mol. The molecule has 0 radical (unpaired) electrons. The SMILES string of the molecule is CC1N(COC(=O)N(C)CCNC(=O)OC(C)(C)C)C=C[NH+]1CC1CCc2c(c3ccccc3n2C)C1=O.[Cl-]. The molecule has 214 valence electrons. The van der Waals surface area contributed by atoms with Crippen molar-refractivity contribution in [3.63, 3.8) is 0 Å². The zero-order valence-electron chi connectivity index (χ0n) is 23.6. The summed E-state index contributed by atoms with van der Waals surface area (Å²) < 4.78 is 12.8. The second-order valence-corrected chi connectivity index (χ2v) is 11.2. The fraction of sp³-hybridized carbons (Fsp3) is 0.536. The first-order valence-corrected chi connectivity index (χ1v) is 13.2. The zero-order valence-corrected chi connectivity index (χ0v) is 24.4. The van der Waals surface area contributed by atoms with Crippen molar-refractivity contribution in [2.45, 2.75) is 52.3 Å². The van der Waals surface area contributed by atoms with E-state index in [9.17, 15) is 14.4 Å². The van der Waals surface area contributed by atoms with Crippen LogP contribution in [-0.2, 0) is 22.9 Å². The Kier molecular flexibility index (Phi) is 9.55. The van der Waals surface area contributed by atoms with Crippen LogP contribution < -0.4 is 22.6 Å². The first-order chi connectivity index (χ1) is 18.0. The van der Waals surface area contributed by atoms with E-state index < -0.39 is 17.8 Å². The topological polar surface area (TPSA) is 97.5 Å². The molecule has 0 saturated heterocycles. The van der Waals surface area contributed by atoms with E-state index in [0.717, 1.165) is 39.9 Å². The number of quaternary nitrogens is 1. The molecule has 0 fully saturated rings. The number of rotatable bonds is 7. The minimum atomic E-state index is -0.576. The third kappa shape index (κ3) is 6.86. The van der Waals surface area contributed by atoms with Crippen LogP contribution in [0.4, 0.5) is 9.59 Å². The van der Waals surface area contributed by atoms with E-state index in [1.165, 1.54) is 4.90 Å². The van der Waals surface area contributed by atoms with Gasteiger partial charge in [-0.2, -0.15) is 0 Å². The molecule has 0 saturated carbocycles. The molecule has 10 nitrogen and oxygen atoms in total. The van der Waals surface area contributed by atoms with E-state index in [0.29, 0.717) is 13.1 Å². The van der Waals surface area contributed by atoms with Gasteiger partial charge < -0.3 is 36.7 Å². The lowest BCUT2D eigenvalue weighted by molar-refractivity contribution is -0.878. The van der Waals surface area contributed by atoms with Crippen LogP contribution in [0.25, 0.3) is 10.9 Å². The lowest BCUT2D eigenvalue weighted by Crippen LogP contribution is -3.11. The Balaban J connectivity index is 0.00000420. The summed E-state index contributed by atoms with van der Waals surface area (Å²) in [4.78, 5) is 42.3. The van der Waals surface area contributed by atoms with Crippen LogP contribution in [0.15, 0.2) is 36.7 Å². The summed E-state index contributed by atoms with van der Waals surface area (Å²) in [6, 6.07) is 8.11. The molecule has 1 aliphatic carbocycles. The number of carbonyl (C=O) groups excluding carboxylic acids is 3. The summed E-state index contributed by atoms with van der Waals surface area (Å²) in [7, 11) is 3.66. The Morgan fingerprint density at radius 1 is 1.23 bits per heavy atom. The molecule has 2 amide bonds. The molecule has 2 heterocycles. The van der Waals surface area contributed by atoms with E-state index in [-0.39, 0.29) is 43.5 Å². The maximum atomic E-state index is 13.5. The summed E-state index contributed by atoms with van der Waals surface area (Å²) in [5.41, 5.74) is 2.54. The van der Waals surface area contributed by atoms with Gasteiger partial charge in [0.2, 0.25) is 0 Å². The van der Waals surface area contributed by atoms with Gasteiger partial charge in [0.1, 0.15) is 11.8 Å². The maximum Gasteiger partial charge on any atom is 0.411 e. The Hall–Kier alpha value is -3.24.